The molecule has 19 heavy (non-hydrogen) atoms. The Morgan fingerprint density at radius 1 is 1.53 bits per heavy atom. The summed E-state index contributed by atoms with van der Waals surface area (Å²) in [6.07, 6.45) is 1.02. The monoisotopic (exact) mass is 279 g/mol. The standard InChI is InChI=1S/C14H21N3OS/c1-14(7-8-19-13(15)16-14)12-6-4-5-11(9-12)10-17(2)18-3/h4-6,9H,7-8,10H2,1-3H3,(H2,15,16). The van der Waals surface area contributed by atoms with Gasteiger partial charge in [-0.1, -0.05) is 36.0 Å². The quantitative estimate of drug-likeness (QED) is 0.860. The second-order valence-corrected chi connectivity index (χ2v) is 6.11. The van der Waals surface area contributed by atoms with Gasteiger partial charge in [0.2, 0.25) is 0 Å². The summed E-state index contributed by atoms with van der Waals surface area (Å²) in [6.45, 7) is 2.91. The number of hydroxylamine groups is 2. The van der Waals surface area contributed by atoms with Crippen LogP contribution >= 0.6 is 11.8 Å². The van der Waals surface area contributed by atoms with Gasteiger partial charge >= 0.3 is 0 Å². The molecule has 0 aliphatic carbocycles. The van der Waals surface area contributed by atoms with Gasteiger partial charge in [0.1, 0.15) is 0 Å². The van der Waals surface area contributed by atoms with E-state index in [9.17, 15) is 0 Å². The molecule has 0 saturated carbocycles. The summed E-state index contributed by atoms with van der Waals surface area (Å²) in [4.78, 5) is 9.80. The second-order valence-electron chi connectivity index (χ2n) is 4.99. The first-order valence-corrected chi connectivity index (χ1v) is 7.35. The number of benzene rings is 1. The van der Waals surface area contributed by atoms with Crippen LogP contribution in [0.25, 0.3) is 0 Å². The van der Waals surface area contributed by atoms with Gasteiger partial charge in [0.25, 0.3) is 0 Å². The molecule has 1 atom stereocenters. The van der Waals surface area contributed by atoms with Crippen molar-refractivity contribution < 1.29 is 4.84 Å². The van der Waals surface area contributed by atoms with Crippen molar-refractivity contribution in [2.45, 2.75) is 25.4 Å². The maximum atomic E-state index is 5.87. The second kappa shape index (κ2) is 5.94. The van der Waals surface area contributed by atoms with Crippen molar-refractivity contribution in [3.63, 3.8) is 0 Å². The molecule has 1 aromatic carbocycles. The van der Waals surface area contributed by atoms with E-state index in [1.165, 1.54) is 11.1 Å². The zero-order chi connectivity index (χ0) is 13.9. The summed E-state index contributed by atoms with van der Waals surface area (Å²) in [6, 6.07) is 8.51. The molecule has 104 valence electrons. The van der Waals surface area contributed by atoms with Crippen LogP contribution in [0.2, 0.25) is 0 Å². The fraction of sp³-hybridized carbons (Fsp3) is 0.500. The third kappa shape index (κ3) is 3.49. The van der Waals surface area contributed by atoms with Gasteiger partial charge in [-0.3, -0.25) is 4.99 Å². The number of nitrogens with zero attached hydrogens (tertiary/aromatic N) is 2. The Morgan fingerprint density at radius 3 is 3.00 bits per heavy atom. The van der Waals surface area contributed by atoms with Crippen LogP contribution in [0.1, 0.15) is 24.5 Å². The van der Waals surface area contributed by atoms with Gasteiger partial charge in [-0.05, 0) is 24.5 Å². The van der Waals surface area contributed by atoms with E-state index in [0.29, 0.717) is 5.17 Å². The fourth-order valence-electron chi connectivity index (χ4n) is 2.22. The van der Waals surface area contributed by atoms with Gasteiger partial charge in [-0.2, -0.15) is 5.06 Å². The molecular formula is C14H21N3OS. The lowest BCUT2D eigenvalue weighted by molar-refractivity contribution is -0.116. The summed E-state index contributed by atoms with van der Waals surface area (Å²) in [5, 5.41) is 2.49. The maximum Gasteiger partial charge on any atom is 0.154 e. The molecule has 0 fully saturated rings. The van der Waals surface area contributed by atoms with Crippen LogP contribution in [-0.2, 0) is 16.9 Å². The molecule has 1 aliphatic rings. The average molecular weight is 279 g/mol. The van der Waals surface area contributed by atoms with Gasteiger partial charge in [-0.15, -0.1) is 0 Å². The lowest BCUT2D eigenvalue weighted by Crippen LogP contribution is -2.29. The van der Waals surface area contributed by atoms with Crippen molar-refractivity contribution >= 4 is 16.9 Å². The normalized spacial score (nSPS) is 23.5. The molecule has 2 rings (SSSR count). The van der Waals surface area contributed by atoms with E-state index in [-0.39, 0.29) is 5.54 Å². The van der Waals surface area contributed by atoms with Crippen molar-refractivity contribution in [2.24, 2.45) is 10.7 Å². The van der Waals surface area contributed by atoms with Crippen molar-refractivity contribution in [3.05, 3.63) is 35.4 Å². The van der Waals surface area contributed by atoms with Crippen molar-refractivity contribution in [3.8, 4) is 0 Å². The zero-order valence-electron chi connectivity index (χ0n) is 11.7. The van der Waals surface area contributed by atoms with Gasteiger partial charge < -0.3 is 10.6 Å². The molecular weight excluding hydrogens is 258 g/mol. The molecule has 0 spiro atoms. The maximum absolute atomic E-state index is 5.87. The minimum absolute atomic E-state index is 0.197. The Balaban J connectivity index is 2.25. The molecule has 0 bridgehead atoms. The highest BCUT2D eigenvalue weighted by atomic mass is 32.2. The molecule has 5 heteroatoms. The lowest BCUT2D eigenvalue weighted by Gasteiger charge is -2.30. The Kier molecular flexibility index (Phi) is 4.50. The Morgan fingerprint density at radius 2 is 2.32 bits per heavy atom. The summed E-state index contributed by atoms with van der Waals surface area (Å²) >= 11 is 1.63. The average Bonchev–Trinajstić information content (AvgIpc) is 2.38. The number of hydrogen-bond acceptors (Lipinski definition) is 5. The summed E-state index contributed by atoms with van der Waals surface area (Å²) < 4.78 is 0. The predicted molar refractivity (Wildman–Crippen MR) is 81.0 cm³/mol. The Labute approximate surface area is 119 Å². The van der Waals surface area contributed by atoms with E-state index < -0.39 is 0 Å². The molecule has 1 aromatic rings. The van der Waals surface area contributed by atoms with E-state index in [2.05, 4.69) is 36.2 Å². The predicted octanol–water partition coefficient (Wildman–Crippen LogP) is 2.35. The first-order chi connectivity index (χ1) is 9.03. The molecule has 0 saturated heterocycles. The van der Waals surface area contributed by atoms with Crippen LogP contribution in [0.3, 0.4) is 0 Å². The zero-order valence-corrected chi connectivity index (χ0v) is 12.5. The molecule has 1 unspecified atom stereocenters. The number of aliphatic imine (C=N–C) groups is 1. The van der Waals surface area contributed by atoms with Gasteiger partial charge in [-0.25, -0.2) is 0 Å². The van der Waals surface area contributed by atoms with Crippen molar-refractivity contribution in [1.29, 1.82) is 0 Å². The highest BCUT2D eigenvalue weighted by molar-refractivity contribution is 8.13. The van der Waals surface area contributed by atoms with Crippen LogP contribution in [0.15, 0.2) is 29.3 Å². The number of nitrogens with two attached hydrogens (primary N) is 1. The first kappa shape index (κ1) is 14.4. The molecule has 1 heterocycles. The third-order valence-electron chi connectivity index (χ3n) is 3.46. The number of hydrogen-bond donors (Lipinski definition) is 1. The largest absolute Gasteiger partial charge is 0.379 e. The van der Waals surface area contributed by atoms with E-state index in [0.717, 1.165) is 18.7 Å². The van der Waals surface area contributed by atoms with Crippen LogP contribution in [-0.4, -0.2) is 30.1 Å². The number of rotatable bonds is 4. The Hall–Kier alpha value is -1.04. The van der Waals surface area contributed by atoms with E-state index >= 15 is 0 Å². The number of thioether (sulfide) groups is 1. The van der Waals surface area contributed by atoms with E-state index in [1.54, 1.807) is 23.9 Å². The van der Waals surface area contributed by atoms with Crippen LogP contribution in [0, 0.1) is 0 Å². The van der Waals surface area contributed by atoms with E-state index in [4.69, 9.17) is 10.6 Å². The first-order valence-electron chi connectivity index (χ1n) is 6.36. The molecule has 4 nitrogen and oxygen atoms in total. The SMILES string of the molecule is CON(C)Cc1cccc(C2(C)CCSC(N)=N2)c1. The van der Waals surface area contributed by atoms with Gasteiger partial charge in [0, 0.05) is 19.3 Å². The minimum atomic E-state index is -0.197. The van der Waals surface area contributed by atoms with Gasteiger partial charge in [0.05, 0.1) is 12.6 Å². The summed E-state index contributed by atoms with van der Waals surface area (Å²) in [7, 11) is 3.59. The molecule has 0 radical (unpaired) electrons. The smallest absolute Gasteiger partial charge is 0.154 e. The van der Waals surface area contributed by atoms with Crippen LogP contribution < -0.4 is 5.73 Å². The van der Waals surface area contributed by atoms with Gasteiger partial charge in [0.15, 0.2) is 5.17 Å². The summed E-state index contributed by atoms with van der Waals surface area (Å²) in [5.41, 5.74) is 8.11. The molecule has 0 aromatic heterocycles. The van der Waals surface area contributed by atoms with Crippen LogP contribution in [0.4, 0.5) is 0 Å². The minimum Gasteiger partial charge on any atom is -0.379 e. The van der Waals surface area contributed by atoms with E-state index in [1.807, 2.05) is 7.05 Å². The van der Waals surface area contributed by atoms with Crippen LogP contribution in [0.5, 0.6) is 0 Å². The summed E-state index contributed by atoms with van der Waals surface area (Å²) in [5.74, 6) is 1.02. The highest BCUT2D eigenvalue weighted by Gasteiger charge is 2.29. The molecule has 0 amide bonds. The highest BCUT2D eigenvalue weighted by Crippen LogP contribution is 2.35. The fourth-order valence-corrected chi connectivity index (χ4v) is 3.20. The van der Waals surface area contributed by atoms with Crippen molar-refractivity contribution in [2.75, 3.05) is 19.9 Å². The Bertz CT molecular complexity index is 478. The third-order valence-corrected chi connectivity index (χ3v) is 4.26. The molecule has 1 aliphatic heterocycles. The van der Waals surface area contributed by atoms with Crippen molar-refractivity contribution in [1.82, 2.24) is 5.06 Å². The number of amidine groups is 1. The topological polar surface area (TPSA) is 50.9 Å². The lowest BCUT2D eigenvalue weighted by atomic mass is 9.89. The molecule has 2 N–H and O–H groups in total.